The fraction of sp³-hybridized carbons (Fsp3) is 0.294. The smallest absolute Gasteiger partial charge is 0.0791 e. The summed E-state index contributed by atoms with van der Waals surface area (Å²) in [6.07, 6.45) is 1.27. The summed E-state index contributed by atoms with van der Waals surface area (Å²) in [6, 6.07) is 20.1. The predicted molar refractivity (Wildman–Crippen MR) is 84.3 cm³/mol. The van der Waals surface area contributed by atoms with Crippen LogP contribution in [0, 0.1) is 0 Å². The van der Waals surface area contributed by atoms with Gasteiger partial charge in [0.25, 0.3) is 0 Å². The zero-order valence-corrected chi connectivity index (χ0v) is 12.0. The Hall–Kier alpha value is -1.25. The molecule has 0 spiro atoms. The van der Waals surface area contributed by atoms with Gasteiger partial charge in [0.2, 0.25) is 0 Å². The predicted octanol–water partition coefficient (Wildman–Crippen LogP) is 4.47. The van der Waals surface area contributed by atoms with Gasteiger partial charge in [-0.15, -0.1) is 11.8 Å². The number of hydrogen-bond donors (Lipinski definition) is 1. The molecule has 3 rings (SSSR count). The molecule has 2 aromatic carbocycles. The molecule has 2 heteroatoms. The second-order valence-electron chi connectivity index (χ2n) is 5.10. The molecule has 1 nitrogen and oxygen atoms in total. The molecular formula is C17H19NS. The summed E-state index contributed by atoms with van der Waals surface area (Å²) in [5.41, 5.74) is 3.96. The van der Waals surface area contributed by atoms with E-state index in [-0.39, 0.29) is 0 Å². The summed E-state index contributed by atoms with van der Waals surface area (Å²) < 4.78 is 0. The van der Waals surface area contributed by atoms with Gasteiger partial charge in [0.15, 0.2) is 0 Å². The summed E-state index contributed by atoms with van der Waals surface area (Å²) in [7, 11) is 0. The van der Waals surface area contributed by atoms with Crippen LogP contribution in [-0.4, -0.2) is 11.8 Å². The molecule has 1 N–H and O–H groups in total. The van der Waals surface area contributed by atoms with Crippen molar-refractivity contribution >= 4 is 11.8 Å². The molecule has 0 aliphatic carbocycles. The second-order valence-corrected chi connectivity index (χ2v) is 6.31. The lowest BCUT2D eigenvalue weighted by atomic mass is 10.0. The number of hydrogen-bond acceptors (Lipinski definition) is 2. The van der Waals surface area contributed by atoms with E-state index in [1.807, 2.05) is 11.8 Å². The monoisotopic (exact) mass is 269 g/mol. The molecule has 0 aromatic heterocycles. The van der Waals surface area contributed by atoms with E-state index in [9.17, 15) is 0 Å². The van der Waals surface area contributed by atoms with Crippen molar-refractivity contribution in [2.45, 2.75) is 24.8 Å². The van der Waals surface area contributed by atoms with Crippen molar-refractivity contribution < 1.29 is 0 Å². The first-order valence-electron chi connectivity index (χ1n) is 6.86. The zero-order valence-electron chi connectivity index (χ0n) is 11.2. The molecule has 1 fully saturated rings. The summed E-state index contributed by atoms with van der Waals surface area (Å²) in [5, 5.41) is 4.11. The van der Waals surface area contributed by atoms with Crippen molar-refractivity contribution in [3.05, 3.63) is 60.2 Å². The van der Waals surface area contributed by atoms with Gasteiger partial charge in [0, 0.05) is 6.04 Å². The van der Waals surface area contributed by atoms with E-state index in [1.165, 1.54) is 28.9 Å². The van der Waals surface area contributed by atoms with Crippen molar-refractivity contribution in [2.75, 3.05) is 5.75 Å². The van der Waals surface area contributed by atoms with Crippen LogP contribution < -0.4 is 5.32 Å². The van der Waals surface area contributed by atoms with Crippen LogP contribution in [0.1, 0.15) is 24.3 Å². The molecule has 2 unspecified atom stereocenters. The first-order chi connectivity index (χ1) is 9.33. The topological polar surface area (TPSA) is 12.0 Å². The molecule has 2 atom stereocenters. The van der Waals surface area contributed by atoms with Gasteiger partial charge in [0.1, 0.15) is 0 Å². The molecule has 1 heterocycles. The lowest BCUT2D eigenvalue weighted by Gasteiger charge is -2.28. The van der Waals surface area contributed by atoms with Crippen LogP contribution in [-0.2, 0) is 0 Å². The summed E-state index contributed by atoms with van der Waals surface area (Å²) in [6.45, 7) is 2.27. The number of nitrogens with one attached hydrogen (secondary N) is 1. The van der Waals surface area contributed by atoms with Crippen LogP contribution in [0.4, 0.5) is 0 Å². The minimum Gasteiger partial charge on any atom is -0.299 e. The van der Waals surface area contributed by atoms with Crippen molar-refractivity contribution in [3.63, 3.8) is 0 Å². The molecule has 0 bridgehead atoms. The van der Waals surface area contributed by atoms with Crippen molar-refractivity contribution in [3.8, 4) is 11.1 Å². The number of thioether (sulfide) groups is 1. The fourth-order valence-corrected chi connectivity index (χ4v) is 3.83. The standard InChI is InChI=1S/C17H19NS/c1-13-11-12-19-17(18-13)16-9-7-15(8-10-16)14-5-3-2-4-6-14/h2-10,13,17-18H,11-12H2,1H3. The van der Waals surface area contributed by atoms with Gasteiger partial charge in [-0.1, -0.05) is 54.6 Å². The van der Waals surface area contributed by atoms with E-state index in [0.717, 1.165) is 0 Å². The van der Waals surface area contributed by atoms with Gasteiger partial charge in [-0.05, 0) is 35.8 Å². The highest BCUT2D eigenvalue weighted by molar-refractivity contribution is 7.99. The fourth-order valence-electron chi connectivity index (χ4n) is 2.43. The van der Waals surface area contributed by atoms with Gasteiger partial charge in [-0.25, -0.2) is 0 Å². The molecule has 1 saturated heterocycles. The lowest BCUT2D eigenvalue weighted by molar-refractivity contribution is 0.512. The Morgan fingerprint density at radius 3 is 2.32 bits per heavy atom. The Labute approximate surface area is 119 Å². The maximum absolute atomic E-state index is 3.65. The van der Waals surface area contributed by atoms with Crippen LogP contribution in [0.15, 0.2) is 54.6 Å². The van der Waals surface area contributed by atoms with Crippen LogP contribution in [0.5, 0.6) is 0 Å². The maximum atomic E-state index is 3.65. The normalized spacial score (nSPS) is 23.2. The van der Waals surface area contributed by atoms with Crippen LogP contribution in [0.25, 0.3) is 11.1 Å². The molecule has 98 valence electrons. The van der Waals surface area contributed by atoms with Crippen LogP contribution in [0.2, 0.25) is 0 Å². The van der Waals surface area contributed by atoms with Gasteiger partial charge >= 0.3 is 0 Å². The van der Waals surface area contributed by atoms with Gasteiger partial charge < -0.3 is 0 Å². The highest BCUT2D eigenvalue weighted by Gasteiger charge is 2.19. The number of rotatable bonds is 2. The molecule has 0 saturated carbocycles. The second kappa shape index (κ2) is 5.81. The van der Waals surface area contributed by atoms with Gasteiger partial charge in [-0.3, -0.25) is 5.32 Å². The molecule has 1 aliphatic heterocycles. The van der Waals surface area contributed by atoms with Crippen molar-refractivity contribution in [2.24, 2.45) is 0 Å². The van der Waals surface area contributed by atoms with E-state index in [0.29, 0.717) is 11.4 Å². The molecule has 0 amide bonds. The Kier molecular flexibility index (Phi) is 3.90. The van der Waals surface area contributed by atoms with Crippen LogP contribution in [0.3, 0.4) is 0 Å². The van der Waals surface area contributed by atoms with E-state index in [4.69, 9.17) is 0 Å². The van der Waals surface area contributed by atoms with E-state index < -0.39 is 0 Å². The van der Waals surface area contributed by atoms with E-state index >= 15 is 0 Å². The Bertz CT molecular complexity index is 521. The summed E-state index contributed by atoms with van der Waals surface area (Å²) in [5.74, 6) is 1.25. The third kappa shape index (κ3) is 3.02. The largest absolute Gasteiger partial charge is 0.299 e. The quantitative estimate of drug-likeness (QED) is 0.863. The van der Waals surface area contributed by atoms with Gasteiger partial charge in [-0.2, -0.15) is 0 Å². The Morgan fingerprint density at radius 1 is 0.947 bits per heavy atom. The first kappa shape index (κ1) is 12.8. The lowest BCUT2D eigenvalue weighted by Crippen LogP contribution is -2.33. The van der Waals surface area contributed by atoms with E-state index in [2.05, 4.69) is 66.8 Å². The molecule has 2 aromatic rings. The van der Waals surface area contributed by atoms with E-state index in [1.54, 1.807) is 0 Å². The maximum Gasteiger partial charge on any atom is 0.0791 e. The van der Waals surface area contributed by atoms with Crippen molar-refractivity contribution in [1.29, 1.82) is 0 Å². The average Bonchev–Trinajstić information content (AvgIpc) is 2.48. The minimum atomic E-state index is 0.452. The summed E-state index contributed by atoms with van der Waals surface area (Å²) >= 11 is 2.01. The molecule has 0 radical (unpaired) electrons. The Balaban J connectivity index is 1.79. The van der Waals surface area contributed by atoms with Crippen LogP contribution >= 0.6 is 11.8 Å². The first-order valence-corrected chi connectivity index (χ1v) is 7.91. The molecule has 1 aliphatic rings. The highest BCUT2D eigenvalue weighted by atomic mass is 32.2. The average molecular weight is 269 g/mol. The molecular weight excluding hydrogens is 250 g/mol. The Morgan fingerprint density at radius 2 is 1.63 bits per heavy atom. The zero-order chi connectivity index (χ0) is 13.1. The molecule has 19 heavy (non-hydrogen) atoms. The SMILES string of the molecule is CC1CCSC(c2ccc(-c3ccccc3)cc2)N1. The van der Waals surface area contributed by atoms with Crippen molar-refractivity contribution in [1.82, 2.24) is 5.32 Å². The minimum absolute atomic E-state index is 0.452. The van der Waals surface area contributed by atoms with Gasteiger partial charge in [0.05, 0.1) is 5.37 Å². The number of benzene rings is 2. The third-order valence-corrected chi connectivity index (χ3v) is 4.80. The summed E-state index contributed by atoms with van der Waals surface area (Å²) in [4.78, 5) is 0. The highest BCUT2D eigenvalue weighted by Crippen LogP contribution is 2.32. The third-order valence-electron chi connectivity index (χ3n) is 3.59.